The average Bonchev–Trinajstić information content (AvgIpc) is 3.98. The Morgan fingerprint density at radius 1 is 0.268 bits per heavy atom. The molecule has 15 rings (SSSR count). The third-order valence-electron chi connectivity index (χ3n) is 15.5. The van der Waals surface area contributed by atoms with Crippen molar-refractivity contribution >= 4 is 60.5 Å². The molecule has 0 N–H and O–H groups in total. The van der Waals surface area contributed by atoms with Crippen molar-refractivity contribution in [2.24, 2.45) is 0 Å². The van der Waals surface area contributed by atoms with E-state index in [0.29, 0.717) is 0 Å². The Morgan fingerprint density at radius 3 is 1.24 bits per heavy atom. The molecule has 0 saturated carbocycles. The molecule has 1 aromatic heterocycles. The van der Waals surface area contributed by atoms with Gasteiger partial charge >= 0.3 is 0 Å². The molecule has 0 saturated heterocycles. The first-order valence-corrected chi connectivity index (χ1v) is 24.6. The smallest absolute Gasteiger partial charge is 0.159 e. The lowest BCUT2D eigenvalue weighted by Gasteiger charge is -2.45. The van der Waals surface area contributed by atoms with E-state index in [1.165, 1.54) is 88.3 Å². The molecular formula is C69H43NO. The van der Waals surface area contributed by atoms with Gasteiger partial charge in [-0.1, -0.05) is 224 Å². The molecule has 13 aromatic rings. The maximum Gasteiger partial charge on any atom is 0.159 e. The topological polar surface area (TPSA) is 16.4 Å². The van der Waals surface area contributed by atoms with Crippen LogP contribution in [0.1, 0.15) is 22.3 Å². The van der Waals surface area contributed by atoms with E-state index >= 15 is 0 Å². The number of hydrogen-bond acceptors (Lipinski definition) is 2. The lowest BCUT2D eigenvalue weighted by molar-refractivity contribution is 0.668. The second-order valence-electron chi connectivity index (χ2n) is 19.0. The van der Waals surface area contributed by atoms with Gasteiger partial charge in [-0.2, -0.15) is 0 Å². The molecule has 0 unspecified atom stereocenters. The van der Waals surface area contributed by atoms with Crippen LogP contribution >= 0.6 is 0 Å². The number of furan rings is 1. The van der Waals surface area contributed by atoms with Crippen LogP contribution in [0.4, 0.5) is 17.1 Å². The second-order valence-corrected chi connectivity index (χ2v) is 19.0. The summed E-state index contributed by atoms with van der Waals surface area (Å²) in [6.07, 6.45) is 0. The molecule has 2 nitrogen and oxygen atoms in total. The van der Waals surface area contributed by atoms with Gasteiger partial charge < -0.3 is 9.32 Å². The summed E-state index contributed by atoms with van der Waals surface area (Å²) in [6, 6.07) is 96.5. The summed E-state index contributed by atoms with van der Waals surface area (Å²) >= 11 is 0. The van der Waals surface area contributed by atoms with Crippen LogP contribution in [0.3, 0.4) is 0 Å². The number of anilines is 3. The van der Waals surface area contributed by atoms with Crippen molar-refractivity contribution in [2.45, 2.75) is 5.41 Å². The van der Waals surface area contributed by atoms with Crippen LogP contribution in [-0.2, 0) is 5.41 Å². The van der Waals surface area contributed by atoms with Crippen LogP contribution in [0, 0.1) is 0 Å². The summed E-state index contributed by atoms with van der Waals surface area (Å²) < 4.78 is 6.94. The molecule has 2 heteroatoms. The normalized spacial score (nSPS) is 13.2. The Kier molecular flexibility index (Phi) is 8.61. The molecule has 1 aliphatic carbocycles. The SMILES string of the molecule is c1ccc(-c2cccc3ccccc23)c(-c2ccc3c(c2)C2(c4ccccc4-c4ccccc42)c2cc(-c4ccccc4-c4cccc5ccccc45)ccc2N3c2cccc3c2oc2ccccc23)c1. The molecule has 2 aliphatic rings. The predicted molar refractivity (Wildman–Crippen MR) is 296 cm³/mol. The maximum atomic E-state index is 6.94. The first-order chi connectivity index (χ1) is 35.2. The summed E-state index contributed by atoms with van der Waals surface area (Å²) in [7, 11) is 0. The fraction of sp³-hybridized carbons (Fsp3) is 0.0145. The quantitative estimate of drug-likeness (QED) is 0.171. The Hall–Kier alpha value is -9.24. The van der Waals surface area contributed by atoms with E-state index in [4.69, 9.17) is 4.42 Å². The molecule has 0 bridgehead atoms. The van der Waals surface area contributed by atoms with Gasteiger partial charge in [0.1, 0.15) is 5.58 Å². The van der Waals surface area contributed by atoms with Gasteiger partial charge in [0.05, 0.1) is 22.5 Å². The van der Waals surface area contributed by atoms with Crippen molar-refractivity contribution in [1.29, 1.82) is 0 Å². The van der Waals surface area contributed by atoms with Gasteiger partial charge in [0.25, 0.3) is 0 Å². The van der Waals surface area contributed by atoms with Gasteiger partial charge in [0.2, 0.25) is 0 Å². The number of fused-ring (bicyclic) bond motifs is 14. The number of para-hydroxylation sites is 2. The third-order valence-corrected chi connectivity index (χ3v) is 15.5. The molecule has 0 fully saturated rings. The minimum absolute atomic E-state index is 0.703. The zero-order valence-corrected chi connectivity index (χ0v) is 38.7. The van der Waals surface area contributed by atoms with Crippen molar-refractivity contribution in [3.05, 3.63) is 283 Å². The minimum Gasteiger partial charge on any atom is -0.454 e. The van der Waals surface area contributed by atoms with Crippen LogP contribution in [-0.4, -0.2) is 0 Å². The summed E-state index contributed by atoms with van der Waals surface area (Å²) in [6.45, 7) is 0. The monoisotopic (exact) mass is 901 g/mol. The molecule has 12 aromatic carbocycles. The van der Waals surface area contributed by atoms with Crippen LogP contribution in [0.25, 0.3) is 99.1 Å². The van der Waals surface area contributed by atoms with Gasteiger partial charge in [-0.25, -0.2) is 0 Å². The third kappa shape index (κ3) is 5.71. The zero-order chi connectivity index (χ0) is 46.6. The highest BCUT2D eigenvalue weighted by atomic mass is 16.3. The van der Waals surface area contributed by atoms with Crippen molar-refractivity contribution in [3.8, 4) is 55.6 Å². The standard InChI is InChI=1S/C69H43NO/c1-3-22-48-44(18-1)20-15-31-54(48)52-26-7-5-24-50(52)46-38-40-64-62(42-46)69(60-34-12-9-28-56(60)57-29-10-13-35-61(57)69)63-43-47(51-25-6-8-27-53(51)55-32-16-21-45-19-2-4-23-49(45)55)39-41-65(63)70(64)66-36-17-33-59-58-30-11-14-37-67(58)71-68(59)66/h1-43H. The fourth-order valence-electron chi connectivity index (χ4n) is 12.5. The molecule has 2 heterocycles. The summed E-state index contributed by atoms with van der Waals surface area (Å²) in [4.78, 5) is 2.49. The first kappa shape index (κ1) is 39.7. The van der Waals surface area contributed by atoms with E-state index in [0.717, 1.165) is 50.1 Å². The number of nitrogens with zero attached hydrogens (tertiary/aromatic N) is 1. The first-order valence-electron chi connectivity index (χ1n) is 24.6. The van der Waals surface area contributed by atoms with Gasteiger partial charge in [-0.3, -0.25) is 0 Å². The van der Waals surface area contributed by atoms with Crippen molar-refractivity contribution in [3.63, 3.8) is 0 Å². The molecule has 0 atom stereocenters. The molecular weight excluding hydrogens is 859 g/mol. The van der Waals surface area contributed by atoms with E-state index in [1.807, 2.05) is 0 Å². The lowest BCUT2D eigenvalue weighted by atomic mass is 9.64. The average molecular weight is 902 g/mol. The van der Waals surface area contributed by atoms with Gasteiger partial charge in [0, 0.05) is 10.8 Å². The molecule has 1 spiro atoms. The van der Waals surface area contributed by atoms with Crippen molar-refractivity contribution < 1.29 is 4.42 Å². The summed E-state index contributed by atoms with van der Waals surface area (Å²) in [5, 5.41) is 7.15. The summed E-state index contributed by atoms with van der Waals surface area (Å²) in [5.74, 6) is 0. The van der Waals surface area contributed by atoms with Gasteiger partial charge in [-0.15, -0.1) is 0 Å². The predicted octanol–water partition coefficient (Wildman–Crippen LogP) is 18.7. The van der Waals surface area contributed by atoms with Crippen molar-refractivity contribution in [2.75, 3.05) is 4.90 Å². The number of benzene rings is 12. The van der Waals surface area contributed by atoms with E-state index in [1.54, 1.807) is 0 Å². The Balaban J connectivity index is 1.06. The lowest BCUT2D eigenvalue weighted by Crippen LogP contribution is -2.36. The molecule has 1 aliphatic heterocycles. The van der Waals surface area contributed by atoms with E-state index < -0.39 is 5.41 Å². The largest absolute Gasteiger partial charge is 0.454 e. The van der Waals surface area contributed by atoms with Crippen LogP contribution in [0.2, 0.25) is 0 Å². The van der Waals surface area contributed by atoms with Crippen molar-refractivity contribution in [1.82, 2.24) is 0 Å². The highest BCUT2D eigenvalue weighted by molar-refractivity contribution is 6.12. The number of rotatable bonds is 5. The molecule has 0 radical (unpaired) electrons. The van der Waals surface area contributed by atoms with Crippen LogP contribution < -0.4 is 4.90 Å². The Labute approximate surface area is 412 Å². The zero-order valence-electron chi connectivity index (χ0n) is 38.7. The molecule has 71 heavy (non-hydrogen) atoms. The molecule has 0 amide bonds. The van der Waals surface area contributed by atoms with Crippen LogP contribution in [0.15, 0.2) is 265 Å². The Bertz CT molecular complexity index is 4090. The van der Waals surface area contributed by atoms with E-state index in [2.05, 4.69) is 266 Å². The van der Waals surface area contributed by atoms with E-state index in [-0.39, 0.29) is 0 Å². The minimum atomic E-state index is -0.703. The number of hydrogen-bond donors (Lipinski definition) is 0. The fourth-order valence-corrected chi connectivity index (χ4v) is 12.5. The summed E-state index contributed by atoms with van der Waals surface area (Å²) in [5.41, 5.74) is 21.4. The highest BCUT2D eigenvalue weighted by Crippen LogP contribution is 2.65. The van der Waals surface area contributed by atoms with Crippen LogP contribution in [0.5, 0.6) is 0 Å². The second kappa shape index (κ2) is 15.4. The van der Waals surface area contributed by atoms with Gasteiger partial charge in [-0.05, 0) is 136 Å². The highest BCUT2D eigenvalue weighted by Gasteiger charge is 2.52. The van der Waals surface area contributed by atoms with E-state index in [9.17, 15) is 0 Å². The molecule has 330 valence electrons. The maximum absolute atomic E-state index is 6.94. The Morgan fingerprint density at radius 2 is 0.676 bits per heavy atom. The van der Waals surface area contributed by atoms with Gasteiger partial charge in [0.15, 0.2) is 5.58 Å².